The largest absolute Gasteiger partial charge is 0.508 e. The van der Waals surface area contributed by atoms with Gasteiger partial charge in [-0.2, -0.15) is 0 Å². The molecule has 0 bridgehead atoms. The standard InChI is InChI=1S/C19H22O7/c1-23-16-8-13-14(9-19(22)10-24-18(26-16)17(13)19)25-15(21)7-4-11-2-5-12(20)6-3-11/h2-7,13-14,16-18,20,22H,8-10H2,1H3/b7-4+/t13-,14+,16+,17+,18-,19+/m0/s1. The molecule has 0 spiro atoms. The van der Waals surface area contributed by atoms with E-state index in [0.29, 0.717) is 12.8 Å². The zero-order chi connectivity index (χ0) is 18.3. The van der Waals surface area contributed by atoms with Gasteiger partial charge >= 0.3 is 5.97 Å². The second-order valence-corrected chi connectivity index (χ2v) is 7.11. The van der Waals surface area contributed by atoms with Crippen LogP contribution >= 0.6 is 0 Å². The van der Waals surface area contributed by atoms with Gasteiger partial charge in [0, 0.05) is 37.9 Å². The topological polar surface area (TPSA) is 94.5 Å². The van der Waals surface area contributed by atoms with Crippen molar-refractivity contribution >= 4 is 12.0 Å². The molecule has 1 aromatic rings. The van der Waals surface area contributed by atoms with E-state index in [2.05, 4.69) is 0 Å². The van der Waals surface area contributed by atoms with Crippen LogP contribution in [0.5, 0.6) is 5.75 Å². The van der Waals surface area contributed by atoms with E-state index in [4.69, 9.17) is 18.9 Å². The summed E-state index contributed by atoms with van der Waals surface area (Å²) in [7, 11) is 1.56. The number of phenols is 1. The van der Waals surface area contributed by atoms with Gasteiger partial charge in [-0.05, 0) is 23.8 Å². The van der Waals surface area contributed by atoms with E-state index in [1.807, 2.05) is 0 Å². The van der Waals surface area contributed by atoms with Gasteiger partial charge in [0.05, 0.1) is 12.2 Å². The second-order valence-electron chi connectivity index (χ2n) is 7.11. The monoisotopic (exact) mass is 362 g/mol. The fraction of sp³-hybridized carbons (Fsp3) is 0.526. The lowest BCUT2D eigenvalue weighted by Gasteiger charge is -2.37. The smallest absolute Gasteiger partial charge is 0.331 e. The van der Waals surface area contributed by atoms with E-state index in [1.165, 1.54) is 6.08 Å². The summed E-state index contributed by atoms with van der Waals surface area (Å²) in [5.74, 6) is -0.589. The highest BCUT2D eigenvalue weighted by molar-refractivity contribution is 5.87. The molecule has 7 nitrogen and oxygen atoms in total. The normalized spacial score (nSPS) is 38.5. The van der Waals surface area contributed by atoms with Gasteiger partial charge < -0.3 is 29.2 Å². The van der Waals surface area contributed by atoms with Gasteiger partial charge in [0.25, 0.3) is 0 Å². The SMILES string of the molecule is CO[C@H]1C[C@@H]2[C@@H]3[C@@H](OC[C@]3(O)C[C@H]2OC(=O)/C=C/c2ccc(O)cc2)O1. The third-order valence-corrected chi connectivity index (χ3v) is 5.49. The third kappa shape index (κ3) is 3.12. The number of carbonyl (C=O) groups excluding carboxylic acids is 1. The van der Waals surface area contributed by atoms with Crippen LogP contribution in [-0.2, 0) is 23.7 Å². The molecule has 0 amide bonds. The molecule has 1 saturated carbocycles. The maximum absolute atomic E-state index is 12.2. The quantitative estimate of drug-likeness (QED) is 0.618. The van der Waals surface area contributed by atoms with Crippen LogP contribution in [0.2, 0.25) is 0 Å². The molecule has 2 heterocycles. The van der Waals surface area contributed by atoms with Gasteiger partial charge in [-0.1, -0.05) is 12.1 Å². The second kappa shape index (κ2) is 6.66. The highest BCUT2D eigenvalue weighted by atomic mass is 16.8. The van der Waals surface area contributed by atoms with Crippen LogP contribution in [0.1, 0.15) is 18.4 Å². The van der Waals surface area contributed by atoms with Gasteiger partial charge in [-0.3, -0.25) is 0 Å². The summed E-state index contributed by atoms with van der Waals surface area (Å²) < 4.78 is 22.2. The summed E-state index contributed by atoms with van der Waals surface area (Å²) in [5.41, 5.74) is -0.250. The molecule has 1 aliphatic carbocycles. The Labute approximate surface area is 151 Å². The minimum absolute atomic E-state index is 0.0720. The Bertz CT molecular complexity index is 700. The summed E-state index contributed by atoms with van der Waals surface area (Å²) in [6, 6.07) is 6.49. The molecular weight excluding hydrogens is 340 g/mol. The fourth-order valence-corrected chi connectivity index (χ4v) is 4.27. The first-order chi connectivity index (χ1) is 12.5. The van der Waals surface area contributed by atoms with Gasteiger partial charge in [0.2, 0.25) is 0 Å². The molecule has 3 fully saturated rings. The average Bonchev–Trinajstić information content (AvgIpc) is 3.10. The van der Waals surface area contributed by atoms with Crippen molar-refractivity contribution < 1.29 is 34.0 Å². The van der Waals surface area contributed by atoms with Crippen LogP contribution in [0.3, 0.4) is 0 Å². The van der Waals surface area contributed by atoms with Crippen molar-refractivity contribution in [1.82, 2.24) is 0 Å². The molecular formula is C19H22O7. The number of methoxy groups -OCH3 is 1. The van der Waals surface area contributed by atoms with Crippen molar-refractivity contribution in [2.45, 2.75) is 37.1 Å². The van der Waals surface area contributed by atoms with E-state index >= 15 is 0 Å². The van der Waals surface area contributed by atoms with Crippen molar-refractivity contribution in [1.29, 1.82) is 0 Å². The van der Waals surface area contributed by atoms with Crippen LogP contribution < -0.4 is 0 Å². The van der Waals surface area contributed by atoms with Gasteiger partial charge in [-0.25, -0.2) is 4.79 Å². The number of phenolic OH excluding ortho intramolecular Hbond substituents is 1. The van der Waals surface area contributed by atoms with Crippen molar-refractivity contribution in [2.75, 3.05) is 13.7 Å². The van der Waals surface area contributed by atoms with Crippen LogP contribution in [0.15, 0.2) is 30.3 Å². The van der Waals surface area contributed by atoms with Crippen molar-refractivity contribution in [2.24, 2.45) is 11.8 Å². The molecule has 6 atom stereocenters. The molecule has 4 rings (SSSR count). The van der Waals surface area contributed by atoms with Crippen LogP contribution in [0.4, 0.5) is 0 Å². The Morgan fingerprint density at radius 1 is 1.35 bits per heavy atom. The number of hydrogen-bond donors (Lipinski definition) is 2. The molecule has 140 valence electrons. The van der Waals surface area contributed by atoms with E-state index in [9.17, 15) is 15.0 Å². The van der Waals surface area contributed by atoms with Gasteiger partial charge in [-0.15, -0.1) is 0 Å². The number of aromatic hydroxyl groups is 1. The van der Waals surface area contributed by atoms with E-state index in [-0.39, 0.29) is 24.2 Å². The van der Waals surface area contributed by atoms with E-state index in [0.717, 1.165) is 5.56 Å². The molecule has 2 saturated heterocycles. The molecule has 1 aromatic carbocycles. The molecule has 3 aliphatic rings. The lowest BCUT2D eigenvalue weighted by atomic mass is 9.84. The van der Waals surface area contributed by atoms with Crippen LogP contribution in [0.25, 0.3) is 6.08 Å². The van der Waals surface area contributed by atoms with Crippen molar-refractivity contribution in [3.05, 3.63) is 35.9 Å². The van der Waals surface area contributed by atoms with Crippen molar-refractivity contribution in [3.8, 4) is 5.75 Å². The summed E-state index contributed by atoms with van der Waals surface area (Å²) in [6.07, 6.45) is 2.48. The highest BCUT2D eigenvalue weighted by Gasteiger charge is 2.64. The number of ether oxygens (including phenoxy) is 4. The molecule has 26 heavy (non-hydrogen) atoms. The lowest BCUT2D eigenvalue weighted by Crippen LogP contribution is -2.45. The maximum Gasteiger partial charge on any atom is 0.331 e. The number of esters is 1. The molecule has 2 N–H and O–H groups in total. The number of aliphatic hydroxyl groups is 1. The minimum atomic E-state index is -1.03. The first-order valence-electron chi connectivity index (χ1n) is 8.68. The number of carbonyl (C=O) groups is 1. The predicted octanol–water partition coefficient (Wildman–Crippen LogP) is 1.43. The molecule has 2 aliphatic heterocycles. The number of hydrogen-bond acceptors (Lipinski definition) is 7. The van der Waals surface area contributed by atoms with Gasteiger partial charge in [0.1, 0.15) is 11.9 Å². The van der Waals surface area contributed by atoms with Crippen molar-refractivity contribution in [3.63, 3.8) is 0 Å². The molecule has 0 aromatic heterocycles. The fourth-order valence-electron chi connectivity index (χ4n) is 4.27. The zero-order valence-electron chi connectivity index (χ0n) is 14.4. The number of rotatable bonds is 4. The summed E-state index contributed by atoms with van der Waals surface area (Å²) in [5, 5.41) is 20.1. The Balaban J connectivity index is 1.44. The maximum atomic E-state index is 12.2. The first kappa shape index (κ1) is 17.5. The summed E-state index contributed by atoms with van der Waals surface area (Å²) >= 11 is 0. The van der Waals surface area contributed by atoms with E-state index < -0.39 is 30.3 Å². The summed E-state index contributed by atoms with van der Waals surface area (Å²) in [4.78, 5) is 12.2. The Morgan fingerprint density at radius 3 is 2.85 bits per heavy atom. The molecule has 7 heteroatoms. The summed E-state index contributed by atoms with van der Waals surface area (Å²) in [6.45, 7) is 0.173. The lowest BCUT2D eigenvalue weighted by molar-refractivity contribution is -0.274. The van der Waals surface area contributed by atoms with E-state index in [1.54, 1.807) is 37.5 Å². The Hall–Kier alpha value is -1.93. The Kier molecular flexibility index (Phi) is 4.48. The highest BCUT2D eigenvalue weighted by Crippen LogP contribution is 2.53. The minimum Gasteiger partial charge on any atom is -0.508 e. The predicted molar refractivity (Wildman–Crippen MR) is 89.8 cm³/mol. The number of benzene rings is 1. The third-order valence-electron chi connectivity index (χ3n) is 5.49. The molecule has 0 radical (unpaired) electrons. The first-order valence-corrected chi connectivity index (χ1v) is 8.68. The molecule has 0 unspecified atom stereocenters. The van der Waals surface area contributed by atoms with Crippen LogP contribution in [-0.4, -0.2) is 54.2 Å². The zero-order valence-corrected chi connectivity index (χ0v) is 14.4. The average molecular weight is 362 g/mol. The van der Waals surface area contributed by atoms with Gasteiger partial charge in [0.15, 0.2) is 12.6 Å². The van der Waals surface area contributed by atoms with Crippen LogP contribution in [0, 0.1) is 11.8 Å². The Morgan fingerprint density at radius 2 is 2.12 bits per heavy atom.